The van der Waals surface area contributed by atoms with Gasteiger partial charge in [0.05, 0.1) is 24.1 Å². The Balaban J connectivity index is 2.06. The maximum atomic E-state index is 14.3. The van der Waals surface area contributed by atoms with Crippen LogP contribution in [0.4, 0.5) is 8.78 Å². The van der Waals surface area contributed by atoms with Crippen molar-refractivity contribution >= 4 is 43.3 Å². The molecule has 0 aliphatic rings. The number of rotatable bonds is 7. The standard InChI is InChI=1S/C18H14BrF2NO3S/c19-11-2-1-10(15(20)6-11)5-13-12(17(24)9-25-4-3-23)7-16(21)14-8-22-26-18(13)14/h1-2,6-8,23H,3-5,9H2. The molecule has 0 radical (unpaired) electrons. The van der Waals surface area contributed by atoms with E-state index >= 15 is 0 Å². The van der Waals surface area contributed by atoms with Crippen molar-refractivity contribution in [2.45, 2.75) is 6.42 Å². The van der Waals surface area contributed by atoms with Crippen molar-refractivity contribution in [2.24, 2.45) is 0 Å². The zero-order valence-corrected chi connectivity index (χ0v) is 15.9. The molecule has 1 N–H and O–H groups in total. The first-order chi connectivity index (χ1) is 12.5. The van der Waals surface area contributed by atoms with Gasteiger partial charge in [-0.05, 0) is 40.9 Å². The van der Waals surface area contributed by atoms with Crippen LogP contribution in [0, 0.1) is 11.6 Å². The number of aromatic nitrogens is 1. The van der Waals surface area contributed by atoms with Gasteiger partial charge in [0.1, 0.15) is 18.2 Å². The van der Waals surface area contributed by atoms with Crippen molar-refractivity contribution in [3.8, 4) is 0 Å². The zero-order valence-electron chi connectivity index (χ0n) is 13.5. The minimum absolute atomic E-state index is 0.00764. The summed E-state index contributed by atoms with van der Waals surface area (Å²) in [5, 5.41) is 9.06. The number of nitrogens with zero attached hydrogens (tertiary/aromatic N) is 1. The van der Waals surface area contributed by atoms with Crippen LogP contribution in [-0.4, -0.2) is 35.1 Å². The molecule has 0 saturated heterocycles. The molecule has 0 saturated carbocycles. The lowest BCUT2D eigenvalue weighted by molar-refractivity contribution is 0.0663. The molecule has 0 bridgehead atoms. The van der Waals surface area contributed by atoms with Crippen molar-refractivity contribution < 1.29 is 23.4 Å². The third-order valence-electron chi connectivity index (χ3n) is 3.85. The molecule has 1 aromatic heterocycles. The maximum Gasteiger partial charge on any atom is 0.188 e. The highest BCUT2D eigenvalue weighted by molar-refractivity contribution is 9.10. The fourth-order valence-corrected chi connectivity index (χ4v) is 3.77. The number of halogens is 3. The molecule has 0 spiro atoms. The van der Waals surface area contributed by atoms with Crippen molar-refractivity contribution in [3.63, 3.8) is 0 Å². The summed E-state index contributed by atoms with van der Waals surface area (Å²) in [6.45, 7) is -0.500. The van der Waals surface area contributed by atoms with Crippen LogP contribution in [0.5, 0.6) is 0 Å². The Labute approximate surface area is 160 Å². The van der Waals surface area contributed by atoms with Gasteiger partial charge in [-0.1, -0.05) is 22.0 Å². The summed E-state index contributed by atoms with van der Waals surface area (Å²) in [5.74, 6) is -1.41. The summed E-state index contributed by atoms with van der Waals surface area (Å²) in [7, 11) is 0. The third-order valence-corrected chi connectivity index (χ3v) is 5.20. The third kappa shape index (κ3) is 3.98. The SMILES string of the molecule is O=C(COCCO)c1cc(F)c2cnsc2c1Cc1ccc(Br)cc1F. The highest BCUT2D eigenvalue weighted by Gasteiger charge is 2.20. The molecule has 0 aliphatic carbocycles. The van der Waals surface area contributed by atoms with E-state index in [0.717, 1.165) is 17.6 Å². The van der Waals surface area contributed by atoms with E-state index < -0.39 is 17.4 Å². The Hall–Kier alpha value is -1.74. The van der Waals surface area contributed by atoms with E-state index in [1.54, 1.807) is 12.1 Å². The molecule has 0 amide bonds. The van der Waals surface area contributed by atoms with Gasteiger partial charge in [0.25, 0.3) is 0 Å². The van der Waals surface area contributed by atoms with Gasteiger partial charge in [-0.3, -0.25) is 4.79 Å². The molecule has 0 atom stereocenters. The number of benzene rings is 2. The first-order valence-corrected chi connectivity index (χ1v) is 9.29. The molecule has 4 nitrogen and oxygen atoms in total. The van der Waals surface area contributed by atoms with Crippen molar-refractivity contribution in [3.05, 3.63) is 63.3 Å². The Morgan fingerprint density at radius 1 is 1.27 bits per heavy atom. The average molecular weight is 442 g/mol. The molecular formula is C18H14BrF2NO3S. The van der Waals surface area contributed by atoms with Gasteiger partial charge in [-0.25, -0.2) is 8.78 Å². The van der Waals surface area contributed by atoms with Crippen LogP contribution >= 0.6 is 27.5 Å². The van der Waals surface area contributed by atoms with Crippen molar-refractivity contribution in [2.75, 3.05) is 19.8 Å². The second kappa shape index (κ2) is 8.30. The van der Waals surface area contributed by atoms with E-state index in [1.807, 2.05) is 0 Å². The summed E-state index contributed by atoms with van der Waals surface area (Å²) in [4.78, 5) is 12.5. The second-order valence-corrected chi connectivity index (χ2v) is 7.28. The Morgan fingerprint density at radius 2 is 2.08 bits per heavy atom. The first kappa shape index (κ1) is 19.0. The molecule has 0 fully saturated rings. The van der Waals surface area contributed by atoms with Gasteiger partial charge in [0.15, 0.2) is 5.78 Å². The Morgan fingerprint density at radius 3 is 2.81 bits per heavy atom. The van der Waals surface area contributed by atoms with Crippen LogP contribution in [-0.2, 0) is 11.2 Å². The summed E-state index contributed by atoms with van der Waals surface area (Å²) in [6, 6.07) is 5.81. The Kier molecular flexibility index (Phi) is 6.08. The summed E-state index contributed by atoms with van der Waals surface area (Å²) >= 11 is 4.27. The van der Waals surface area contributed by atoms with Crippen molar-refractivity contribution in [1.82, 2.24) is 4.37 Å². The number of hydrogen-bond donors (Lipinski definition) is 1. The number of fused-ring (bicyclic) bond motifs is 1. The van der Waals surface area contributed by atoms with E-state index in [9.17, 15) is 13.6 Å². The number of aliphatic hydroxyl groups is 1. The van der Waals surface area contributed by atoms with Crippen molar-refractivity contribution in [1.29, 1.82) is 0 Å². The Bertz CT molecular complexity index is 961. The number of ketones is 1. The molecule has 0 aliphatic heterocycles. The number of carbonyl (C=O) groups excluding carboxylic acids is 1. The molecule has 1 heterocycles. The summed E-state index contributed by atoms with van der Waals surface area (Å²) in [5.41, 5.74) is 1.04. The molecule has 8 heteroatoms. The monoisotopic (exact) mass is 441 g/mol. The molecule has 2 aromatic carbocycles. The smallest absolute Gasteiger partial charge is 0.188 e. The second-order valence-electron chi connectivity index (χ2n) is 5.56. The van der Waals surface area contributed by atoms with Crippen LogP contribution < -0.4 is 0 Å². The van der Waals surface area contributed by atoms with E-state index in [2.05, 4.69) is 20.3 Å². The topological polar surface area (TPSA) is 59.4 Å². The van der Waals surface area contributed by atoms with Crippen LogP contribution in [0.25, 0.3) is 10.1 Å². The largest absolute Gasteiger partial charge is 0.394 e. The lowest BCUT2D eigenvalue weighted by atomic mass is 9.95. The average Bonchev–Trinajstić information content (AvgIpc) is 3.09. The molecule has 0 unspecified atom stereocenters. The van der Waals surface area contributed by atoms with E-state index in [-0.39, 0.29) is 31.8 Å². The van der Waals surface area contributed by atoms with E-state index in [4.69, 9.17) is 9.84 Å². The lowest BCUT2D eigenvalue weighted by Crippen LogP contribution is -2.14. The van der Waals surface area contributed by atoms with Crippen LogP contribution in [0.15, 0.2) is 34.9 Å². The molecule has 26 heavy (non-hydrogen) atoms. The predicted octanol–water partition coefficient (Wildman–Crippen LogP) is 4.12. The molecular weight excluding hydrogens is 428 g/mol. The van der Waals surface area contributed by atoms with Gasteiger partial charge in [0, 0.05) is 21.8 Å². The fourth-order valence-electron chi connectivity index (χ4n) is 2.63. The fraction of sp³-hybridized carbons (Fsp3) is 0.222. The first-order valence-electron chi connectivity index (χ1n) is 7.72. The lowest BCUT2D eigenvalue weighted by Gasteiger charge is -2.12. The molecule has 3 aromatic rings. The molecule has 136 valence electrons. The van der Waals surface area contributed by atoms with E-state index in [0.29, 0.717) is 25.7 Å². The highest BCUT2D eigenvalue weighted by Crippen LogP contribution is 2.31. The van der Waals surface area contributed by atoms with Crippen LogP contribution in [0.3, 0.4) is 0 Å². The minimum atomic E-state index is -0.556. The summed E-state index contributed by atoms with van der Waals surface area (Å²) < 4.78 is 38.8. The number of aliphatic hydroxyl groups excluding tert-OH is 1. The minimum Gasteiger partial charge on any atom is -0.394 e. The number of carbonyl (C=O) groups is 1. The number of Topliss-reactive ketones (excluding diaryl/α,β-unsaturated/α-hetero) is 1. The quantitative estimate of drug-likeness (QED) is 0.442. The zero-order chi connectivity index (χ0) is 18.7. The van der Waals surface area contributed by atoms with Crippen LogP contribution in [0.1, 0.15) is 21.5 Å². The van der Waals surface area contributed by atoms with Gasteiger partial charge < -0.3 is 9.84 Å². The van der Waals surface area contributed by atoms with Gasteiger partial charge in [-0.2, -0.15) is 4.37 Å². The highest BCUT2D eigenvalue weighted by atomic mass is 79.9. The predicted molar refractivity (Wildman–Crippen MR) is 98.7 cm³/mol. The van der Waals surface area contributed by atoms with E-state index in [1.165, 1.54) is 12.3 Å². The molecule has 3 rings (SSSR count). The van der Waals surface area contributed by atoms with Gasteiger partial charge >= 0.3 is 0 Å². The maximum absolute atomic E-state index is 14.3. The number of hydrogen-bond acceptors (Lipinski definition) is 5. The van der Waals surface area contributed by atoms with Gasteiger partial charge in [0.2, 0.25) is 0 Å². The van der Waals surface area contributed by atoms with Crippen LogP contribution in [0.2, 0.25) is 0 Å². The van der Waals surface area contributed by atoms with Gasteiger partial charge in [-0.15, -0.1) is 0 Å². The normalized spacial score (nSPS) is 11.2. The number of ether oxygens (including phenoxy) is 1. The summed E-state index contributed by atoms with van der Waals surface area (Å²) in [6.07, 6.45) is 1.52.